The molecule has 29 heavy (non-hydrogen) atoms. The van der Waals surface area contributed by atoms with Gasteiger partial charge >= 0.3 is 0 Å². The quantitative estimate of drug-likeness (QED) is 0.629. The van der Waals surface area contributed by atoms with E-state index in [1.165, 1.54) is 12.5 Å². The summed E-state index contributed by atoms with van der Waals surface area (Å²) < 4.78 is 29.7. The Bertz CT molecular complexity index is 979. The first-order valence-corrected chi connectivity index (χ1v) is 10.2. The largest absolute Gasteiger partial charge is 0.301 e. The lowest BCUT2D eigenvalue weighted by molar-refractivity contribution is -0.118. The number of tetrazole rings is 1. The number of thiazole rings is 1. The number of anilines is 1. The fraction of sp³-hybridized carbons (Fsp3) is 0.389. The summed E-state index contributed by atoms with van der Waals surface area (Å²) in [4.78, 5) is 17.0. The van der Waals surface area contributed by atoms with Crippen LogP contribution in [0.25, 0.3) is 0 Å². The van der Waals surface area contributed by atoms with Gasteiger partial charge in [-0.25, -0.2) is 18.4 Å². The number of hydrogen-bond donors (Lipinski definition) is 1. The molecule has 0 aliphatic heterocycles. The number of hydrogen-bond acceptors (Lipinski definition) is 6. The Balaban J connectivity index is 1.56. The maximum atomic E-state index is 13.9. The van der Waals surface area contributed by atoms with Crippen molar-refractivity contribution >= 4 is 34.0 Å². The summed E-state index contributed by atoms with van der Waals surface area (Å²) in [6, 6.07) is 7.31. The normalized spacial score (nSPS) is 19.2. The minimum Gasteiger partial charge on any atom is -0.301 e. The van der Waals surface area contributed by atoms with Gasteiger partial charge < -0.3 is 5.32 Å². The van der Waals surface area contributed by atoms with Gasteiger partial charge in [-0.1, -0.05) is 47.2 Å². The van der Waals surface area contributed by atoms with Gasteiger partial charge in [0.15, 0.2) is 5.13 Å². The smallest absolute Gasteiger partial charge is 0.248 e. The molecule has 1 aliphatic carbocycles. The van der Waals surface area contributed by atoms with Crippen molar-refractivity contribution in [1.82, 2.24) is 25.2 Å². The van der Waals surface area contributed by atoms with Crippen molar-refractivity contribution in [3.63, 3.8) is 0 Å². The number of nitrogens with one attached hydrogen (secondary N) is 1. The number of nitrogens with zero attached hydrogens (tertiary/aromatic N) is 5. The van der Waals surface area contributed by atoms with Crippen LogP contribution in [0, 0.1) is 5.92 Å². The Kier molecular flexibility index (Phi) is 5.55. The van der Waals surface area contributed by atoms with Crippen LogP contribution >= 0.6 is 22.9 Å². The highest BCUT2D eigenvalue weighted by Crippen LogP contribution is 2.46. The standard InChI is InChI=1S/C18H17ClF2N6OS/c19-14-8-22-17(29-14)24-16(28)15(13-5-6-18(20,21)7-13)12-3-1-11(2-4-12)9-27-10-23-25-26-27/h1-4,8,10,13,15H,5-7,9H2,(H,22,24,28). The van der Waals surface area contributed by atoms with Crippen LogP contribution < -0.4 is 5.32 Å². The molecule has 0 radical (unpaired) electrons. The Hall–Kier alpha value is -2.46. The van der Waals surface area contributed by atoms with Crippen LogP contribution in [0.4, 0.5) is 13.9 Å². The third-order valence-corrected chi connectivity index (χ3v) is 6.01. The molecule has 0 saturated heterocycles. The summed E-state index contributed by atoms with van der Waals surface area (Å²) >= 11 is 7.00. The topological polar surface area (TPSA) is 85.6 Å². The second-order valence-corrected chi connectivity index (χ2v) is 8.71. The highest BCUT2D eigenvalue weighted by Gasteiger charge is 2.45. The molecule has 152 valence electrons. The van der Waals surface area contributed by atoms with Crippen LogP contribution in [0.2, 0.25) is 4.34 Å². The van der Waals surface area contributed by atoms with E-state index in [1.54, 1.807) is 16.8 Å². The van der Waals surface area contributed by atoms with Crippen LogP contribution in [0.15, 0.2) is 36.8 Å². The van der Waals surface area contributed by atoms with Gasteiger partial charge in [-0.2, -0.15) is 0 Å². The van der Waals surface area contributed by atoms with Crippen molar-refractivity contribution in [2.45, 2.75) is 37.6 Å². The molecule has 1 fully saturated rings. The van der Waals surface area contributed by atoms with Gasteiger partial charge in [0.25, 0.3) is 0 Å². The lowest BCUT2D eigenvalue weighted by Crippen LogP contribution is -2.27. The molecule has 1 saturated carbocycles. The zero-order chi connectivity index (χ0) is 20.4. The van der Waals surface area contributed by atoms with Gasteiger partial charge in [-0.3, -0.25) is 4.79 Å². The average molecular weight is 439 g/mol. The molecule has 1 aliphatic rings. The zero-order valence-electron chi connectivity index (χ0n) is 15.1. The van der Waals surface area contributed by atoms with E-state index in [-0.39, 0.29) is 25.2 Å². The average Bonchev–Trinajstić information content (AvgIpc) is 3.40. The van der Waals surface area contributed by atoms with Crippen LogP contribution in [0.1, 0.15) is 36.3 Å². The Morgan fingerprint density at radius 1 is 1.38 bits per heavy atom. The number of carbonyl (C=O) groups excluding carboxylic acids is 1. The summed E-state index contributed by atoms with van der Waals surface area (Å²) in [6.07, 6.45) is 2.71. The molecule has 7 nitrogen and oxygen atoms in total. The molecule has 11 heteroatoms. The number of benzene rings is 1. The monoisotopic (exact) mass is 438 g/mol. The number of rotatable bonds is 6. The molecular weight excluding hydrogens is 422 g/mol. The Morgan fingerprint density at radius 2 is 2.17 bits per heavy atom. The van der Waals surface area contributed by atoms with Gasteiger partial charge in [0.05, 0.1) is 18.7 Å². The molecule has 2 unspecified atom stereocenters. The molecule has 2 atom stereocenters. The lowest BCUT2D eigenvalue weighted by Gasteiger charge is -2.23. The van der Waals surface area contributed by atoms with Crippen LogP contribution in [0.3, 0.4) is 0 Å². The summed E-state index contributed by atoms with van der Waals surface area (Å²) in [5, 5.41) is 14.1. The SMILES string of the molecule is O=C(Nc1ncc(Cl)s1)C(c1ccc(Cn2cnnn2)cc1)C1CCC(F)(F)C1. The number of amides is 1. The van der Waals surface area contributed by atoms with Crippen molar-refractivity contribution in [2.24, 2.45) is 5.92 Å². The fourth-order valence-corrected chi connectivity index (χ4v) is 4.49. The van der Waals surface area contributed by atoms with E-state index in [0.29, 0.717) is 21.6 Å². The third-order valence-electron chi connectivity index (χ3n) is 4.98. The third kappa shape index (κ3) is 4.76. The molecule has 4 rings (SSSR count). The number of alkyl halides is 2. The van der Waals surface area contributed by atoms with Crippen molar-refractivity contribution < 1.29 is 13.6 Å². The first kappa shape index (κ1) is 19.8. The molecule has 2 heterocycles. The van der Waals surface area contributed by atoms with Gasteiger partial charge in [0.1, 0.15) is 10.7 Å². The molecule has 0 spiro atoms. The summed E-state index contributed by atoms with van der Waals surface area (Å²) in [6.45, 7) is 0.475. The van der Waals surface area contributed by atoms with Crippen molar-refractivity contribution in [2.75, 3.05) is 5.32 Å². The molecule has 1 aromatic carbocycles. The molecule has 0 bridgehead atoms. The Morgan fingerprint density at radius 3 is 2.76 bits per heavy atom. The predicted octanol–water partition coefficient (Wildman–Crippen LogP) is 3.99. The van der Waals surface area contributed by atoms with Gasteiger partial charge in [-0.05, 0) is 33.9 Å². The zero-order valence-corrected chi connectivity index (χ0v) is 16.7. The molecular formula is C18H17ClF2N6OS. The van der Waals surface area contributed by atoms with Crippen molar-refractivity contribution in [1.29, 1.82) is 0 Å². The van der Waals surface area contributed by atoms with Crippen LogP contribution in [-0.2, 0) is 11.3 Å². The molecule has 2 aromatic heterocycles. The maximum Gasteiger partial charge on any atom is 0.248 e. The second kappa shape index (κ2) is 8.11. The molecule has 1 N–H and O–H groups in total. The van der Waals surface area contributed by atoms with E-state index in [2.05, 4.69) is 25.8 Å². The fourth-order valence-electron chi connectivity index (χ4n) is 3.67. The summed E-state index contributed by atoms with van der Waals surface area (Å²) in [5.74, 6) is -4.25. The molecule has 3 aromatic rings. The minimum atomic E-state index is -2.74. The maximum absolute atomic E-state index is 13.9. The summed E-state index contributed by atoms with van der Waals surface area (Å²) in [7, 11) is 0. The van der Waals surface area contributed by atoms with Gasteiger partial charge in [-0.15, -0.1) is 5.10 Å². The van der Waals surface area contributed by atoms with Crippen LogP contribution in [-0.4, -0.2) is 37.0 Å². The number of halogens is 3. The minimum absolute atomic E-state index is 0.206. The van der Waals surface area contributed by atoms with E-state index >= 15 is 0 Å². The van der Waals surface area contributed by atoms with Gasteiger partial charge in [0, 0.05) is 12.8 Å². The number of carbonyl (C=O) groups is 1. The number of aromatic nitrogens is 5. The Labute approximate surface area is 174 Å². The van der Waals surface area contributed by atoms with E-state index < -0.39 is 17.8 Å². The second-order valence-electron chi connectivity index (χ2n) is 7.04. The highest BCUT2D eigenvalue weighted by molar-refractivity contribution is 7.19. The van der Waals surface area contributed by atoms with Gasteiger partial charge in [0.2, 0.25) is 11.8 Å². The summed E-state index contributed by atoms with van der Waals surface area (Å²) in [5.41, 5.74) is 1.62. The van der Waals surface area contributed by atoms with E-state index in [4.69, 9.17) is 11.6 Å². The van der Waals surface area contributed by atoms with Crippen LogP contribution in [0.5, 0.6) is 0 Å². The molecule has 1 amide bonds. The van der Waals surface area contributed by atoms with E-state index in [1.807, 2.05) is 12.1 Å². The predicted molar refractivity (Wildman–Crippen MR) is 104 cm³/mol. The van der Waals surface area contributed by atoms with Crippen molar-refractivity contribution in [3.05, 3.63) is 52.3 Å². The lowest BCUT2D eigenvalue weighted by atomic mass is 9.83. The first-order chi connectivity index (χ1) is 13.9. The van der Waals surface area contributed by atoms with E-state index in [9.17, 15) is 13.6 Å². The highest BCUT2D eigenvalue weighted by atomic mass is 35.5. The van der Waals surface area contributed by atoms with Crippen molar-refractivity contribution in [3.8, 4) is 0 Å². The van der Waals surface area contributed by atoms with E-state index in [0.717, 1.165) is 16.9 Å². The first-order valence-electron chi connectivity index (χ1n) is 8.99.